The van der Waals surface area contributed by atoms with Crippen molar-refractivity contribution < 1.29 is 43.2 Å². The van der Waals surface area contributed by atoms with E-state index < -0.39 is 11.9 Å². The molecule has 2 N–H and O–H groups in total. The van der Waals surface area contributed by atoms with Gasteiger partial charge in [0.05, 0.1) is 70.1 Å². The van der Waals surface area contributed by atoms with E-state index in [0.717, 1.165) is 30.9 Å². The van der Waals surface area contributed by atoms with Crippen LogP contribution in [0.15, 0.2) is 12.3 Å². The van der Waals surface area contributed by atoms with Gasteiger partial charge in [0.15, 0.2) is 0 Å². The highest BCUT2D eigenvalue weighted by Crippen LogP contribution is 2.31. The molecule has 1 fully saturated rings. The first-order chi connectivity index (χ1) is 22.0. The summed E-state index contributed by atoms with van der Waals surface area (Å²) in [5.74, 6) is 1.86. The highest BCUT2D eigenvalue weighted by molar-refractivity contribution is 5.70. The first-order valence-electron chi connectivity index (χ1n) is 17.6. The van der Waals surface area contributed by atoms with Crippen molar-refractivity contribution in [1.29, 1.82) is 0 Å². The van der Waals surface area contributed by atoms with Gasteiger partial charge in [-0.05, 0) is 36.5 Å². The smallest absolute Gasteiger partial charge is 0.307 e. The third-order valence-electron chi connectivity index (χ3n) is 8.68. The zero-order chi connectivity index (χ0) is 34.2. The SMILES string of the molecule is C=C(CCC(C)CCC(C)C)OCC(COC)COC(=O)CCNCCC(=O)OCC(CO)COC(=O)CCC1CCC(C)CC1. The average molecular weight is 656 g/mol. The van der Waals surface area contributed by atoms with Gasteiger partial charge >= 0.3 is 17.9 Å². The molecule has 10 nitrogen and oxygen atoms in total. The molecule has 0 aromatic rings. The Kier molecular flexibility index (Phi) is 23.5. The topological polar surface area (TPSA) is 130 Å². The van der Waals surface area contributed by atoms with E-state index in [1.807, 2.05) is 0 Å². The molecule has 1 rings (SSSR count). The van der Waals surface area contributed by atoms with Crippen LogP contribution in [0.3, 0.4) is 0 Å². The number of methoxy groups -OCH3 is 1. The normalized spacial score (nSPS) is 18.4. The van der Waals surface area contributed by atoms with Crippen LogP contribution in [0.4, 0.5) is 0 Å². The molecular formula is C36H65NO9. The highest BCUT2D eigenvalue weighted by Gasteiger charge is 2.20. The summed E-state index contributed by atoms with van der Waals surface area (Å²) in [5.41, 5.74) is 0. The van der Waals surface area contributed by atoms with Crippen LogP contribution in [0.25, 0.3) is 0 Å². The summed E-state index contributed by atoms with van der Waals surface area (Å²) in [6.07, 6.45) is 10.6. The quantitative estimate of drug-likeness (QED) is 0.0481. The van der Waals surface area contributed by atoms with E-state index in [2.05, 4.69) is 39.6 Å². The van der Waals surface area contributed by atoms with Crippen molar-refractivity contribution in [2.45, 2.75) is 105 Å². The lowest BCUT2D eigenvalue weighted by atomic mass is 9.81. The van der Waals surface area contributed by atoms with Gasteiger partial charge in [-0.3, -0.25) is 14.4 Å². The number of carbonyl (C=O) groups excluding carboxylic acids is 3. The summed E-state index contributed by atoms with van der Waals surface area (Å²) in [4.78, 5) is 36.4. The van der Waals surface area contributed by atoms with Crippen LogP contribution in [-0.4, -0.2) is 82.9 Å². The predicted molar refractivity (Wildman–Crippen MR) is 179 cm³/mol. The van der Waals surface area contributed by atoms with Crippen LogP contribution in [0, 0.1) is 35.5 Å². The van der Waals surface area contributed by atoms with Crippen LogP contribution in [-0.2, 0) is 38.1 Å². The lowest BCUT2D eigenvalue weighted by Gasteiger charge is -2.25. The second kappa shape index (κ2) is 25.9. The average Bonchev–Trinajstić information content (AvgIpc) is 3.03. The van der Waals surface area contributed by atoms with E-state index in [1.165, 1.54) is 38.5 Å². The fourth-order valence-corrected chi connectivity index (χ4v) is 5.31. The largest absolute Gasteiger partial charge is 0.498 e. The van der Waals surface area contributed by atoms with Crippen molar-refractivity contribution in [3.63, 3.8) is 0 Å². The maximum absolute atomic E-state index is 12.2. The van der Waals surface area contributed by atoms with Crippen LogP contribution in [0.1, 0.15) is 105 Å². The number of esters is 3. The predicted octanol–water partition coefficient (Wildman–Crippen LogP) is 5.85. The summed E-state index contributed by atoms with van der Waals surface area (Å²) in [6, 6.07) is 0. The van der Waals surface area contributed by atoms with Crippen LogP contribution < -0.4 is 5.32 Å². The molecule has 0 aliphatic heterocycles. The van der Waals surface area contributed by atoms with Crippen LogP contribution >= 0.6 is 0 Å². The second-order valence-electron chi connectivity index (χ2n) is 13.8. The molecule has 3 atom stereocenters. The van der Waals surface area contributed by atoms with Gasteiger partial charge in [0.1, 0.15) is 0 Å². The molecule has 268 valence electrons. The van der Waals surface area contributed by atoms with E-state index >= 15 is 0 Å². The Labute approximate surface area is 278 Å². The number of rotatable bonds is 27. The standard InChI is InChI=1S/C36H65NO9/c1-27(2)7-8-28(3)9-12-30(5)43-25-33(22-42-6)26-46-36(41)18-20-37-19-17-35(40)45-24-32(21-38)23-44-34(39)16-15-31-13-10-29(4)11-14-31/h27-29,31-33,37-38H,5,7-26H2,1-4,6H3. The molecule has 46 heavy (non-hydrogen) atoms. The molecule has 0 amide bonds. The molecular weight excluding hydrogens is 590 g/mol. The summed E-state index contributed by atoms with van der Waals surface area (Å²) < 4.78 is 27.1. The van der Waals surface area contributed by atoms with Gasteiger partial charge < -0.3 is 34.1 Å². The first-order valence-corrected chi connectivity index (χ1v) is 17.6. The molecule has 10 heteroatoms. The van der Waals surface area contributed by atoms with E-state index in [-0.39, 0.29) is 57.1 Å². The Hall–Kier alpha value is -2.17. The fraction of sp³-hybridized carbons (Fsp3) is 0.861. The van der Waals surface area contributed by atoms with E-state index in [0.29, 0.717) is 50.5 Å². The Morgan fingerprint density at radius 1 is 0.739 bits per heavy atom. The first kappa shape index (κ1) is 41.9. The molecule has 0 bridgehead atoms. The zero-order valence-corrected chi connectivity index (χ0v) is 29.5. The van der Waals surface area contributed by atoms with Crippen molar-refractivity contribution >= 4 is 17.9 Å². The van der Waals surface area contributed by atoms with E-state index in [4.69, 9.17) is 23.7 Å². The van der Waals surface area contributed by atoms with Gasteiger partial charge in [-0.2, -0.15) is 0 Å². The van der Waals surface area contributed by atoms with Crippen molar-refractivity contribution in [1.82, 2.24) is 5.32 Å². The van der Waals surface area contributed by atoms with Crippen LogP contribution in [0.2, 0.25) is 0 Å². The summed E-state index contributed by atoms with van der Waals surface area (Å²) in [5, 5.41) is 12.6. The van der Waals surface area contributed by atoms with Gasteiger partial charge in [-0.25, -0.2) is 0 Å². The fourth-order valence-electron chi connectivity index (χ4n) is 5.31. The van der Waals surface area contributed by atoms with Crippen LogP contribution in [0.5, 0.6) is 0 Å². The van der Waals surface area contributed by atoms with Gasteiger partial charge in [0.25, 0.3) is 0 Å². The number of ether oxygens (including phenoxy) is 5. The van der Waals surface area contributed by atoms with Crippen molar-refractivity contribution in [2.75, 3.05) is 59.8 Å². The minimum atomic E-state index is -0.458. The number of aliphatic hydroxyl groups is 1. The molecule has 1 aliphatic carbocycles. The van der Waals surface area contributed by atoms with Gasteiger partial charge in [-0.15, -0.1) is 0 Å². The molecule has 3 unspecified atom stereocenters. The summed E-state index contributed by atoms with van der Waals surface area (Å²) in [7, 11) is 1.60. The number of allylic oxidation sites excluding steroid dienone is 1. The molecule has 1 saturated carbocycles. The minimum Gasteiger partial charge on any atom is -0.498 e. The highest BCUT2D eigenvalue weighted by atomic mass is 16.6. The zero-order valence-electron chi connectivity index (χ0n) is 29.5. The molecule has 0 saturated heterocycles. The minimum absolute atomic E-state index is 0.0213. The summed E-state index contributed by atoms with van der Waals surface area (Å²) >= 11 is 0. The molecule has 1 aliphatic rings. The number of aliphatic hydroxyl groups excluding tert-OH is 1. The second-order valence-corrected chi connectivity index (χ2v) is 13.8. The van der Waals surface area contributed by atoms with Gasteiger partial charge in [0, 0.05) is 33.0 Å². The third-order valence-corrected chi connectivity index (χ3v) is 8.68. The van der Waals surface area contributed by atoms with Gasteiger partial charge in [-0.1, -0.05) is 72.8 Å². The number of hydrogen-bond acceptors (Lipinski definition) is 10. The monoisotopic (exact) mass is 655 g/mol. The Morgan fingerprint density at radius 2 is 1.28 bits per heavy atom. The number of nitrogens with one attached hydrogen (secondary N) is 1. The maximum atomic E-state index is 12.2. The van der Waals surface area contributed by atoms with E-state index in [9.17, 15) is 19.5 Å². The Morgan fingerprint density at radius 3 is 1.83 bits per heavy atom. The van der Waals surface area contributed by atoms with Crippen molar-refractivity contribution in [2.24, 2.45) is 35.5 Å². The molecule has 0 spiro atoms. The van der Waals surface area contributed by atoms with Gasteiger partial charge in [0.2, 0.25) is 0 Å². The Bertz CT molecular complexity index is 841. The Balaban J connectivity index is 2.12. The number of hydrogen-bond donors (Lipinski definition) is 2. The molecule has 0 heterocycles. The third kappa shape index (κ3) is 22.4. The molecule has 0 aromatic heterocycles. The maximum Gasteiger partial charge on any atom is 0.307 e. The van der Waals surface area contributed by atoms with E-state index in [1.54, 1.807) is 7.11 Å². The number of carbonyl (C=O) groups is 3. The molecule has 0 aromatic carbocycles. The lowest BCUT2D eigenvalue weighted by molar-refractivity contribution is -0.150. The molecule has 0 radical (unpaired) electrons. The van der Waals surface area contributed by atoms with Crippen molar-refractivity contribution in [3.05, 3.63) is 12.3 Å². The van der Waals surface area contributed by atoms with Crippen molar-refractivity contribution in [3.8, 4) is 0 Å². The summed E-state index contributed by atoms with van der Waals surface area (Å²) in [6.45, 7) is 14.5. The lowest BCUT2D eigenvalue weighted by Crippen LogP contribution is -2.27.